The summed E-state index contributed by atoms with van der Waals surface area (Å²) in [7, 11) is 0. The molecule has 2 aromatic rings. The monoisotopic (exact) mass is 307 g/mol. The van der Waals surface area contributed by atoms with Crippen LogP contribution in [0.25, 0.3) is 11.3 Å². The smallest absolute Gasteiger partial charge is 0.126 e. The maximum atomic E-state index is 4.79. The number of fused-ring (bicyclic) bond motifs is 1. The van der Waals surface area contributed by atoms with Crippen molar-refractivity contribution in [3.63, 3.8) is 0 Å². The molecule has 1 atom stereocenters. The largest absolute Gasteiger partial charge is 0.297 e. The number of benzene rings is 1. The average molecular weight is 307 g/mol. The molecule has 1 unspecified atom stereocenters. The molecule has 2 heterocycles. The number of aryl methyl sites for hydroxylation is 2. The van der Waals surface area contributed by atoms with Gasteiger partial charge >= 0.3 is 0 Å². The summed E-state index contributed by atoms with van der Waals surface area (Å²) in [5, 5.41) is 0. The molecular formula is C20H25N3. The van der Waals surface area contributed by atoms with Gasteiger partial charge in [-0.15, -0.1) is 0 Å². The molecule has 1 saturated heterocycles. The van der Waals surface area contributed by atoms with Crippen LogP contribution in [-0.2, 0) is 12.8 Å². The first kappa shape index (κ1) is 14.8. The number of nitrogens with zero attached hydrogens (tertiary/aromatic N) is 3. The van der Waals surface area contributed by atoms with E-state index in [9.17, 15) is 0 Å². The fourth-order valence-electron chi connectivity index (χ4n) is 4.08. The Morgan fingerprint density at radius 2 is 1.87 bits per heavy atom. The van der Waals surface area contributed by atoms with Gasteiger partial charge in [0, 0.05) is 22.9 Å². The minimum atomic E-state index is 0.494. The molecule has 1 aromatic heterocycles. The van der Waals surface area contributed by atoms with Crippen molar-refractivity contribution < 1.29 is 0 Å². The second-order valence-corrected chi connectivity index (χ2v) is 6.94. The lowest BCUT2D eigenvalue weighted by molar-refractivity contribution is 0.263. The summed E-state index contributed by atoms with van der Waals surface area (Å²) in [6.07, 6.45) is 6.11. The molecule has 0 saturated carbocycles. The quantitative estimate of drug-likeness (QED) is 0.855. The predicted octanol–water partition coefficient (Wildman–Crippen LogP) is 4.10. The summed E-state index contributed by atoms with van der Waals surface area (Å²) in [4.78, 5) is 12.0. The normalized spacial score (nSPS) is 19.0. The Kier molecular flexibility index (Phi) is 3.90. The van der Waals surface area contributed by atoms with Gasteiger partial charge in [0.15, 0.2) is 0 Å². The standard InChI is InChI=1S/C20H25N3/c1-14(23-11-3-4-12-23)16-7-5-8-17(13-16)20-18-9-6-10-19(18)21-15(2)22-20/h5,7-8,13-14H,3-4,6,9-12H2,1-2H3. The summed E-state index contributed by atoms with van der Waals surface area (Å²) < 4.78 is 0. The van der Waals surface area contributed by atoms with Gasteiger partial charge in [-0.2, -0.15) is 0 Å². The Morgan fingerprint density at radius 1 is 1.04 bits per heavy atom. The van der Waals surface area contributed by atoms with Crippen LogP contribution in [0, 0.1) is 6.92 Å². The molecule has 0 spiro atoms. The molecule has 1 aliphatic heterocycles. The first-order valence-corrected chi connectivity index (χ1v) is 8.93. The highest BCUT2D eigenvalue weighted by atomic mass is 15.2. The van der Waals surface area contributed by atoms with Crippen LogP contribution in [0.4, 0.5) is 0 Å². The van der Waals surface area contributed by atoms with E-state index in [2.05, 4.69) is 41.1 Å². The summed E-state index contributed by atoms with van der Waals surface area (Å²) >= 11 is 0. The van der Waals surface area contributed by atoms with E-state index in [1.165, 1.54) is 60.4 Å². The van der Waals surface area contributed by atoms with Gasteiger partial charge in [-0.3, -0.25) is 4.90 Å². The van der Waals surface area contributed by atoms with Crippen molar-refractivity contribution in [3.05, 3.63) is 46.9 Å². The molecule has 120 valence electrons. The third-order valence-corrected chi connectivity index (χ3v) is 5.38. The number of aromatic nitrogens is 2. The lowest BCUT2D eigenvalue weighted by Crippen LogP contribution is -2.23. The maximum Gasteiger partial charge on any atom is 0.126 e. The van der Waals surface area contributed by atoms with Gasteiger partial charge in [0.2, 0.25) is 0 Å². The van der Waals surface area contributed by atoms with Gasteiger partial charge in [0.25, 0.3) is 0 Å². The third-order valence-electron chi connectivity index (χ3n) is 5.38. The van der Waals surface area contributed by atoms with Gasteiger partial charge < -0.3 is 0 Å². The molecule has 3 nitrogen and oxygen atoms in total. The number of hydrogen-bond donors (Lipinski definition) is 0. The highest BCUT2D eigenvalue weighted by Gasteiger charge is 2.22. The predicted molar refractivity (Wildman–Crippen MR) is 93.5 cm³/mol. The van der Waals surface area contributed by atoms with Gasteiger partial charge in [-0.05, 0) is 70.7 Å². The van der Waals surface area contributed by atoms with E-state index in [0.717, 1.165) is 18.7 Å². The Hall–Kier alpha value is -1.74. The van der Waals surface area contributed by atoms with Crippen LogP contribution in [0.3, 0.4) is 0 Å². The highest BCUT2D eigenvalue weighted by molar-refractivity contribution is 5.65. The molecule has 0 amide bonds. The number of likely N-dealkylation sites (tertiary alicyclic amines) is 1. The zero-order chi connectivity index (χ0) is 15.8. The molecule has 0 radical (unpaired) electrons. The van der Waals surface area contributed by atoms with Crippen LogP contribution in [0.5, 0.6) is 0 Å². The zero-order valence-corrected chi connectivity index (χ0v) is 14.2. The van der Waals surface area contributed by atoms with Crippen molar-refractivity contribution in [2.24, 2.45) is 0 Å². The first-order valence-electron chi connectivity index (χ1n) is 8.93. The van der Waals surface area contributed by atoms with Gasteiger partial charge in [-0.1, -0.05) is 18.2 Å². The van der Waals surface area contributed by atoms with E-state index in [0.29, 0.717) is 6.04 Å². The zero-order valence-electron chi connectivity index (χ0n) is 14.2. The molecule has 2 aliphatic rings. The second-order valence-electron chi connectivity index (χ2n) is 6.94. The Bertz CT molecular complexity index is 717. The van der Waals surface area contributed by atoms with Gasteiger partial charge in [0.05, 0.1) is 5.69 Å². The van der Waals surface area contributed by atoms with Crippen LogP contribution >= 0.6 is 0 Å². The van der Waals surface area contributed by atoms with Crippen molar-refractivity contribution >= 4 is 0 Å². The Balaban J connectivity index is 1.72. The van der Waals surface area contributed by atoms with Crippen molar-refractivity contribution in [1.82, 2.24) is 14.9 Å². The molecule has 1 aromatic carbocycles. The number of rotatable bonds is 3. The van der Waals surface area contributed by atoms with Crippen molar-refractivity contribution in [2.45, 2.75) is 52.0 Å². The molecule has 1 fully saturated rings. The number of hydrogen-bond acceptors (Lipinski definition) is 3. The maximum absolute atomic E-state index is 4.79. The SMILES string of the molecule is Cc1nc2c(c(-c3cccc(C(C)N4CCCC4)c3)n1)CCC2. The van der Waals surface area contributed by atoms with Gasteiger partial charge in [0.1, 0.15) is 5.82 Å². The van der Waals surface area contributed by atoms with E-state index < -0.39 is 0 Å². The molecule has 23 heavy (non-hydrogen) atoms. The molecule has 0 bridgehead atoms. The minimum absolute atomic E-state index is 0.494. The van der Waals surface area contributed by atoms with Crippen LogP contribution in [0.1, 0.15) is 54.9 Å². The molecule has 3 heteroatoms. The topological polar surface area (TPSA) is 29.0 Å². The lowest BCUT2D eigenvalue weighted by Gasteiger charge is -2.24. The van der Waals surface area contributed by atoms with E-state index >= 15 is 0 Å². The van der Waals surface area contributed by atoms with Crippen LogP contribution < -0.4 is 0 Å². The Labute approximate surface area is 138 Å². The third kappa shape index (κ3) is 2.78. The summed E-state index contributed by atoms with van der Waals surface area (Å²) in [6.45, 7) is 6.81. The molecule has 0 N–H and O–H groups in total. The van der Waals surface area contributed by atoms with Crippen molar-refractivity contribution in [2.75, 3.05) is 13.1 Å². The Morgan fingerprint density at radius 3 is 2.70 bits per heavy atom. The van der Waals surface area contributed by atoms with E-state index in [4.69, 9.17) is 4.98 Å². The molecular weight excluding hydrogens is 282 g/mol. The van der Waals surface area contributed by atoms with Gasteiger partial charge in [-0.25, -0.2) is 9.97 Å². The molecule has 4 rings (SSSR count). The van der Waals surface area contributed by atoms with E-state index in [-0.39, 0.29) is 0 Å². The molecule has 1 aliphatic carbocycles. The fourth-order valence-corrected chi connectivity index (χ4v) is 4.08. The average Bonchev–Trinajstić information content (AvgIpc) is 3.24. The van der Waals surface area contributed by atoms with Crippen LogP contribution in [0.15, 0.2) is 24.3 Å². The van der Waals surface area contributed by atoms with E-state index in [1.807, 2.05) is 6.92 Å². The summed E-state index contributed by atoms with van der Waals surface area (Å²) in [5.74, 6) is 0.902. The fraction of sp³-hybridized carbons (Fsp3) is 0.500. The second kappa shape index (κ2) is 6.04. The van der Waals surface area contributed by atoms with Crippen LogP contribution in [0.2, 0.25) is 0 Å². The van der Waals surface area contributed by atoms with Crippen molar-refractivity contribution in [1.29, 1.82) is 0 Å². The first-order chi connectivity index (χ1) is 11.2. The highest BCUT2D eigenvalue weighted by Crippen LogP contribution is 2.32. The summed E-state index contributed by atoms with van der Waals surface area (Å²) in [5.41, 5.74) is 6.48. The van der Waals surface area contributed by atoms with Crippen molar-refractivity contribution in [3.8, 4) is 11.3 Å². The lowest BCUT2D eigenvalue weighted by atomic mass is 9.99. The summed E-state index contributed by atoms with van der Waals surface area (Å²) in [6, 6.07) is 9.51. The van der Waals surface area contributed by atoms with Crippen LogP contribution in [-0.4, -0.2) is 28.0 Å². The minimum Gasteiger partial charge on any atom is -0.297 e. The van der Waals surface area contributed by atoms with E-state index in [1.54, 1.807) is 0 Å².